The van der Waals surface area contributed by atoms with Gasteiger partial charge in [0.15, 0.2) is 6.10 Å². The quantitative estimate of drug-likeness (QED) is 0.0146. The van der Waals surface area contributed by atoms with Gasteiger partial charge in [-0.15, -0.1) is 0 Å². The number of rotatable bonds is 79. The zero-order chi connectivity index (χ0) is 78.0. The van der Waals surface area contributed by atoms with Crippen LogP contribution in [0.25, 0.3) is 0 Å². The van der Waals surface area contributed by atoms with Gasteiger partial charge in [0, 0.05) is 19.3 Å². The first kappa shape index (κ1) is 102. The summed E-state index contributed by atoms with van der Waals surface area (Å²) in [5.74, 6) is -1.59. The fourth-order valence-corrected chi connectivity index (χ4v) is 12.7. The first-order valence-electron chi connectivity index (χ1n) is 42.1. The molecule has 18 heteroatoms. The Hall–Kier alpha value is -4.57. The Labute approximate surface area is 651 Å². The predicted molar refractivity (Wildman–Crippen MR) is 445 cm³/mol. The Morgan fingerprint density at radius 1 is 0.271 bits per heavy atom. The minimum atomic E-state index is -4.94. The van der Waals surface area contributed by atoms with E-state index in [0.29, 0.717) is 19.3 Å². The summed E-state index contributed by atoms with van der Waals surface area (Å²) < 4.78 is 61.2. The maximum atomic E-state index is 13.0. The average Bonchev–Trinajstić information content (AvgIpc) is 0.908. The van der Waals surface area contributed by atoms with E-state index in [0.717, 1.165) is 167 Å². The lowest BCUT2D eigenvalue weighted by molar-refractivity contribution is -0.161. The van der Waals surface area contributed by atoms with Crippen molar-refractivity contribution in [3.63, 3.8) is 0 Å². The zero-order valence-electron chi connectivity index (χ0n) is 67.3. The van der Waals surface area contributed by atoms with Gasteiger partial charge in [-0.2, -0.15) is 0 Å². The molecule has 0 heterocycles. The maximum absolute atomic E-state index is 13.0. The van der Waals surface area contributed by atoms with Crippen LogP contribution in [0.5, 0.6) is 0 Å². The maximum Gasteiger partial charge on any atom is 0.472 e. The molecule has 614 valence electrons. The standard InChI is InChI=1S/C89H152O16P2/c1-4-7-10-13-16-19-22-25-27-29-31-33-35-37-38-39-40-41-42-43-44-46-48-49-51-53-55-58-60-63-66-69-72-75-87(92)99-78-84(90)79-101-106(95,96)102-80-85(91)81-103-107(97,98)104-83-86(105-89(94)77-74-71-68-65-62-57-24-21-18-15-12-9-6-3)82-100-88(93)76-73-70-67-64-61-59-56-54-52-50-47-45-36-34-32-30-28-26-23-20-17-14-11-8-5-2/h7,10,12,15-17,19-21,24-28,31-34,37-38,40-41,45,47,84-86,90-91H,4-6,8-9,11,13-14,18,22-23,29-30,35-36,39,42-44,46,48-83H2,1-3H3,(H,95,96)(H,97,98)/b10-7-,15-12-,19-16-,20-17-,24-21-,27-25-,28-26-,33-31-,34-32-,38-37-,41-40-,47-45-. The van der Waals surface area contributed by atoms with Crippen LogP contribution in [-0.4, -0.2) is 95.9 Å². The fraction of sp³-hybridized carbons (Fsp3) is 0.697. The number of hydrogen-bond acceptors (Lipinski definition) is 14. The minimum Gasteiger partial charge on any atom is -0.463 e. The van der Waals surface area contributed by atoms with Gasteiger partial charge in [-0.25, -0.2) is 9.13 Å². The molecule has 0 radical (unpaired) electrons. The van der Waals surface area contributed by atoms with Crippen LogP contribution in [0.15, 0.2) is 146 Å². The number of phosphoric acid groups is 2. The molecule has 0 saturated carbocycles. The number of unbranched alkanes of at least 4 members (excludes halogenated alkanes) is 32. The van der Waals surface area contributed by atoms with Gasteiger partial charge in [0.05, 0.1) is 26.4 Å². The van der Waals surface area contributed by atoms with E-state index in [4.69, 9.17) is 32.3 Å². The highest BCUT2D eigenvalue weighted by Crippen LogP contribution is 2.45. The first-order valence-corrected chi connectivity index (χ1v) is 45.1. The second-order valence-electron chi connectivity index (χ2n) is 27.9. The largest absolute Gasteiger partial charge is 0.472 e. The predicted octanol–water partition coefficient (Wildman–Crippen LogP) is 25.2. The molecule has 0 aliphatic rings. The molecule has 16 nitrogen and oxygen atoms in total. The molecule has 5 unspecified atom stereocenters. The van der Waals surface area contributed by atoms with Crippen molar-refractivity contribution >= 4 is 33.6 Å². The molecule has 0 saturated heterocycles. The molecular weight excluding hydrogens is 1390 g/mol. The number of aliphatic hydroxyl groups excluding tert-OH is 2. The van der Waals surface area contributed by atoms with Crippen molar-refractivity contribution < 1.29 is 75.8 Å². The van der Waals surface area contributed by atoms with Crippen molar-refractivity contribution in [2.75, 3.05) is 39.6 Å². The summed E-state index contributed by atoms with van der Waals surface area (Å²) in [5.41, 5.74) is 0. The molecule has 0 aromatic heterocycles. The first-order chi connectivity index (χ1) is 52.2. The molecule has 5 atom stereocenters. The van der Waals surface area contributed by atoms with E-state index in [9.17, 15) is 43.5 Å². The summed E-state index contributed by atoms with van der Waals surface area (Å²) in [6, 6.07) is 0. The molecule has 0 spiro atoms. The SMILES string of the molecule is CC/C=C\C/C=C\C/C=C\C/C=C\C/C=C\C/C=C\CCCCCCCCCCCCCCCCC(=O)OCC(O)COP(=O)(O)OCC(O)COP(=O)(O)OCC(COC(=O)CCCCCCCCCCC/C=C\C/C=C\C/C=C\C/C=C\CCCCC)OC(=O)CCCCCCC/C=C\C/C=C\CCC. The van der Waals surface area contributed by atoms with E-state index in [2.05, 4.69) is 167 Å². The smallest absolute Gasteiger partial charge is 0.463 e. The van der Waals surface area contributed by atoms with Crippen molar-refractivity contribution in [2.45, 2.75) is 360 Å². The van der Waals surface area contributed by atoms with Crippen molar-refractivity contribution in [3.05, 3.63) is 146 Å². The van der Waals surface area contributed by atoms with Gasteiger partial charge in [0.1, 0.15) is 25.4 Å². The Balaban J connectivity index is 4.44. The lowest BCUT2D eigenvalue weighted by Crippen LogP contribution is -2.30. The van der Waals surface area contributed by atoms with Crippen LogP contribution >= 0.6 is 15.6 Å². The van der Waals surface area contributed by atoms with E-state index in [1.807, 2.05) is 0 Å². The Kier molecular flexibility index (Phi) is 77.5. The number of allylic oxidation sites excluding steroid dienone is 24. The third-order valence-electron chi connectivity index (χ3n) is 17.5. The van der Waals surface area contributed by atoms with E-state index >= 15 is 0 Å². The molecule has 0 aliphatic carbocycles. The molecule has 0 bridgehead atoms. The van der Waals surface area contributed by atoms with E-state index in [1.165, 1.54) is 116 Å². The van der Waals surface area contributed by atoms with Crippen LogP contribution in [0.2, 0.25) is 0 Å². The highest BCUT2D eigenvalue weighted by molar-refractivity contribution is 7.47. The van der Waals surface area contributed by atoms with Gasteiger partial charge in [-0.05, 0) is 141 Å². The number of esters is 3. The highest BCUT2D eigenvalue weighted by atomic mass is 31.2. The van der Waals surface area contributed by atoms with Crippen LogP contribution in [0, 0.1) is 0 Å². The molecule has 0 aromatic carbocycles. The molecule has 4 N–H and O–H groups in total. The van der Waals surface area contributed by atoms with Crippen molar-refractivity contribution in [1.82, 2.24) is 0 Å². The number of hydrogen-bond donors (Lipinski definition) is 4. The zero-order valence-corrected chi connectivity index (χ0v) is 69.1. The second kappa shape index (κ2) is 80.9. The summed E-state index contributed by atoms with van der Waals surface area (Å²) in [4.78, 5) is 58.7. The number of carbonyl (C=O) groups excluding carboxylic acids is 3. The molecule has 0 rings (SSSR count). The number of aliphatic hydroxyl groups is 2. The molecule has 0 aromatic rings. The van der Waals surface area contributed by atoms with Gasteiger partial charge in [-0.1, -0.05) is 327 Å². The van der Waals surface area contributed by atoms with Gasteiger partial charge < -0.3 is 34.2 Å². The van der Waals surface area contributed by atoms with Crippen LogP contribution in [0.3, 0.4) is 0 Å². The minimum absolute atomic E-state index is 0.0848. The van der Waals surface area contributed by atoms with E-state index in [1.54, 1.807) is 0 Å². The monoisotopic (exact) mass is 1540 g/mol. The molecule has 0 fully saturated rings. The van der Waals surface area contributed by atoms with Crippen molar-refractivity contribution in [2.24, 2.45) is 0 Å². The number of phosphoric ester groups is 2. The molecular formula is C89H152O16P2. The second-order valence-corrected chi connectivity index (χ2v) is 30.8. The molecule has 0 aliphatic heterocycles. The van der Waals surface area contributed by atoms with Crippen LogP contribution < -0.4 is 0 Å². The van der Waals surface area contributed by atoms with Gasteiger partial charge >= 0.3 is 33.6 Å². The van der Waals surface area contributed by atoms with Gasteiger partial charge in [-0.3, -0.25) is 32.5 Å². The van der Waals surface area contributed by atoms with Gasteiger partial charge in [0.25, 0.3) is 0 Å². The summed E-state index contributed by atoms with van der Waals surface area (Å²) in [6.07, 6.45) is 100. The van der Waals surface area contributed by atoms with E-state index < -0.39 is 91.5 Å². The third kappa shape index (κ3) is 82.2. The number of ether oxygens (including phenoxy) is 3. The topological polar surface area (TPSA) is 231 Å². The van der Waals surface area contributed by atoms with Crippen LogP contribution in [0.1, 0.15) is 342 Å². The fourth-order valence-electron chi connectivity index (χ4n) is 11.1. The Bertz CT molecular complexity index is 2530. The molecule has 0 amide bonds. The van der Waals surface area contributed by atoms with Crippen LogP contribution in [-0.2, 0) is 55.8 Å². The normalized spacial score (nSPS) is 14.6. The van der Waals surface area contributed by atoms with Gasteiger partial charge in [0.2, 0.25) is 0 Å². The van der Waals surface area contributed by atoms with Crippen molar-refractivity contribution in [1.29, 1.82) is 0 Å². The number of carbonyl (C=O) groups is 3. The lowest BCUT2D eigenvalue weighted by Gasteiger charge is -2.21. The summed E-state index contributed by atoms with van der Waals surface area (Å²) in [7, 11) is -9.80. The van der Waals surface area contributed by atoms with Crippen LogP contribution in [0.4, 0.5) is 0 Å². The summed E-state index contributed by atoms with van der Waals surface area (Å²) in [6.45, 7) is 2.47. The lowest BCUT2D eigenvalue weighted by atomic mass is 10.0. The van der Waals surface area contributed by atoms with E-state index in [-0.39, 0.29) is 19.3 Å². The molecule has 107 heavy (non-hydrogen) atoms. The van der Waals surface area contributed by atoms with Crippen molar-refractivity contribution in [3.8, 4) is 0 Å². The Morgan fingerprint density at radius 2 is 0.514 bits per heavy atom. The average molecular weight is 1540 g/mol. The third-order valence-corrected chi connectivity index (χ3v) is 19.4. The highest BCUT2D eigenvalue weighted by Gasteiger charge is 2.29. The summed E-state index contributed by atoms with van der Waals surface area (Å²) >= 11 is 0. The summed E-state index contributed by atoms with van der Waals surface area (Å²) in [5, 5.41) is 20.7. The Morgan fingerprint density at radius 3 is 0.822 bits per heavy atom.